The van der Waals surface area contributed by atoms with Crippen molar-refractivity contribution in [1.82, 2.24) is 15.2 Å². The molecule has 8 nitrogen and oxygen atoms in total. The molecule has 1 saturated heterocycles. The summed E-state index contributed by atoms with van der Waals surface area (Å²) < 4.78 is 92.5. The summed E-state index contributed by atoms with van der Waals surface area (Å²) in [6.45, 7) is 3.34. The molecule has 5 rings (SSSR count). The van der Waals surface area contributed by atoms with Gasteiger partial charge in [-0.25, -0.2) is 9.78 Å². The van der Waals surface area contributed by atoms with Crippen molar-refractivity contribution in [2.75, 3.05) is 0 Å². The summed E-state index contributed by atoms with van der Waals surface area (Å²) in [5.74, 6) is -0.101. The van der Waals surface area contributed by atoms with Gasteiger partial charge in [-0.05, 0) is 60.4 Å². The largest absolute Gasteiger partial charge is 0.473 e. The van der Waals surface area contributed by atoms with Gasteiger partial charge in [0.05, 0.1) is 6.54 Å². The Balaban J connectivity index is 1.31. The first-order valence-corrected chi connectivity index (χ1v) is 15.1. The number of amides is 3. The molecule has 1 aliphatic heterocycles. The predicted octanol–water partition coefficient (Wildman–Crippen LogP) is 7.68. The Morgan fingerprint density at radius 1 is 0.878 bits per heavy atom. The van der Waals surface area contributed by atoms with Gasteiger partial charge in [0, 0.05) is 23.4 Å². The lowest BCUT2D eigenvalue weighted by atomic mass is 9.90. The summed E-state index contributed by atoms with van der Waals surface area (Å²) in [4.78, 5) is 31.8. The number of nitrogens with one attached hydrogen (secondary N) is 1. The van der Waals surface area contributed by atoms with Gasteiger partial charge in [-0.3, -0.25) is 9.69 Å². The molecule has 3 aromatic carbocycles. The number of nitrogens with zero attached hydrogens (tertiary/aromatic N) is 2. The van der Waals surface area contributed by atoms with E-state index < -0.39 is 41.0 Å². The molecule has 1 fully saturated rings. The molecule has 49 heavy (non-hydrogen) atoms. The van der Waals surface area contributed by atoms with Crippen LogP contribution < -0.4 is 14.8 Å². The van der Waals surface area contributed by atoms with Crippen molar-refractivity contribution in [3.63, 3.8) is 0 Å². The number of imide groups is 1. The lowest BCUT2D eigenvalue weighted by Crippen LogP contribution is -2.53. The van der Waals surface area contributed by atoms with Crippen LogP contribution in [0.25, 0.3) is 0 Å². The number of halogens is 6. The number of aromatic nitrogens is 1. The molecule has 1 aliphatic rings. The standard InChI is InChI=1S/C35H31F6N3O5/c1-3-8-24-18-25(33(47,34(36,37)38)35(39,40)41)13-15-28(24)49-27-12-7-11-23(17-27)20-44-30(45)32(2,43-31(44)46)26-14-16-29(42-19-26)48-21-22-9-5-4-6-10-22/h4-7,9-19,47H,3,8,20-21H2,1-2H3,(H,43,46). The molecule has 258 valence electrons. The van der Waals surface area contributed by atoms with Crippen LogP contribution in [-0.4, -0.2) is 39.3 Å². The van der Waals surface area contributed by atoms with Crippen LogP contribution in [-0.2, 0) is 35.5 Å². The van der Waals surface area contributed by atoms with E-state index in [1.54, 1.807) is 38.1 Å². The number of carbonyl (C=O) groups is 2. The van der Waals surface area contributed by atoms with E-state index in [-0.39, 0.29) is 30.0 Å². The number of pyridine rings is 1. The molecule has 0 bridgehead atoms. The number of carbonyl (C=O) groups excluding carboxylic acids is 2. The van der Waals surface area contributed by atoms with E-state index in [9.17, 15) is 41.0 Å². The van der Waals surface area contributed by atoms with E-state index >= 15 is 0 Å². The first kappa shape index (κ1) is 35.2. The summed E-state index contributed by atoms with van der Waals surface area (Å²) in [5.41, 5.74) is -6.07. The Morgan fingerprint density at radius 2 is 1.57 bits per heavy atom. The number of ether oxygens (including phenoxy) is 2. The van der Waals surface area contributed by atoms with E-state index in [0.29, 0.717) is 42.2 Å². The minimum absolute atomic E-state index is 0.00675. The number of hydrogen-bond acceptors (Lipinski definition) is 6. The fraction of sp³-hybridized carbons (Fsp3) is 0.286. The van der Waals surface area contributed by atoms with Crippen LogP contribution in [0, 0.1) is 0 Å². The van der Waals surface area contributed by atoms with Gasteiger partial charge in [0.15, 0.2) is 0 Å². The maximum atomic E-state index is 13.6. The van der Waals surface area contributed by atoms with Gasteiger partial charge in [-0.15, -0.1) is 0 Å². The van der Waals surface area contributed by atoms with E-state index in [1.807, 2.05) is 30.3 Å². The number of aryl methyl sites for hydroxylation is 1. The quantitative estimate of drug-likeness (QED) is 0.124. The third-order valence-electron chi connectivity index (χ3n) is 8.10. The molecule has 0 saturated carbocycles. The minimum atomic E-state index is -6.03. The topological polar surface area (TPSA) is 101 Å². The van der Waals surface area contributed by atoms with Crippen LogP contribution in [0.2, 0.25) is 0 Å². The van der Waals surface area contributed by atoms with Crippen molar-refractivity contribution in [2.45, 2.75) is 63.3 Å². The van der Waals surface area contributed by atoms with Crippen molar-refractivity contribution in [1.29, 1.82) is 0 Å². The number of urea groups is 1. The smallest absolute Gasteiger partial charge is 0.430 e. The number of alkyl halides is 6. The molecule has 0 aliphatic carbocycles. The van der Waals surface area contributed by atoms with Crippen molar-refractivity contribution in [3.05, 3.63) is 119 Å². The third kappa shape index (κ3) is 7.05. The van der Waals surface area contributed by atoms with Gasteiger partial charge in [0.1, 0.15) is 23.6 Å². The monoisotopic (exact) mass is 687 g/mol. The third-order valence-corrected chi connectivity index (χ3v) is 8.10. The molecule has 1 unspecified atom stereocenters. The first-order chi connectivity index (χ1) is 23.1. The summed E-state index contributed by atoms with van der Waals surface area (Å²) in [6, 6.07) is 20.3. The maximum absolute atomic E-state index is 13.6. The van der Waals surface area contributed by atoms with E-state index in [0.717, 1.165) is 16.5 Å². The van der Waals surface area contributed by atoms with Gasteiger partial charge in [0.2, 0.25) is 5.88 Å². The molecule has 14 heteroatoms. The molecule has 1 atom stereocenters. The molecular formula is C35H31F6N3O5. The van der Waals surface area contributed by atoms with E-state index in [1.165, 1.54) is 18.3 Å². The average molecular weight is 688 g/mol. The molecular weight excluding hydrogens is 656 g/mol. The number of benzene rings is 3. The molecule has 1 aromatic heterocycles. The molecule has 4 aromatic rings. The van der Waals surface area contributed by atoms with Crippen molar-refractivity contribution in [2.24, 2.45) is 0 Å². The molecule has 0 radical (unpaired) electrons. The number of aliphatic hydroxyl groups is 1. The lowest BCUT2D eigenvalue weighted by molar-refractivity contribution is -0.376. The highest BCUT2D eigenvalue weighted by molar-refractivity contribution is 6.07. The minimum Gasteiger partial charge on any atom is -0.473 e. The summed E-state index contributed by atoms with van der Waals surface area (Å²) in [5, 5.41) is 12.6. The predicted molar refractivity (Wildman–Crippen MR) is 164 cm³/mol. The normalized spacial score (nSPS) is 16.9. The van der Waals surface area contributed by atoms with Gasteiger partial charge >= 0.3 is 18.4 Å². The second-order valence-electron chi connectivity index (χ2n) is 11.6. The Labute approximate surface area is 277 Å². The van der Waals surface area contributed by atoms with Crippen LogP contribution in [0.3, 0.4) is 0 Å². The van der Waals surface area contributed by atoms with Gasteiger partial charge in [-0.2, -0.15) is 26.3 Å². The molecule has 2 heterocycles. The Hall–Kier alpha value is -5.11. The Morgan fingerprint density at radius 3 is 2.20 bits per heavy atom. The fourth-order valence-corrected chi connectivity index (χ4v) is 5.40. The van der Waals surface area contributed by atoms with Crippen LogP contribution in [0.4, 0.5) is 31.1 Å². The van der Waals surface area contributed by atoms with Crippen LogP contribution in [0.15, 0.2) is 91.1 Å². The zero-order chi connectivity index (χ0) is 35.6. The van der Waals surface area contributed by atoms with E-state index in [2.05, 4.69) is 10.3 Å². The van der Waals surface area contributed by atoms with Crippen LogP contribution in [0.1, 0.15) is 48.1 Å². The van der Waals surface area contributed by atoms with Crippen molar-refractivity contribution in [3.8, 4) is 17.4 Å². The molecule has 2 N–H and O–H groups in total. The van der Waals surface area contributed by atoms with E-state index in [4.69, 9.17) is 9.47 Å². The Kier molecular flexibility index (Phi) is 9.64. The zero-order valence-corrected chi connectivity index (χ0v) is 26.2. The second kappa shape index (κ2) is 13.4. The van der Waals surface area contributed by atoms with Crippen molar-refractivity contribution >= 4 is 11.9 Å². The molecule has 3 amide bonds. The number of hydrogen-bond donors (Lipinski definition) is 2. The molecule has 0 spiro atoms. The van der Waals surface area contributed by atoms with Gasteiger partial charge < -0.3 is 19.9 Å². The maximum Gasteiger partial charge on any atom is 0.430 e. The van der Waals surface area contributed by atoms with Gasteiger partial charge in [-0.1, -0.05) is 61.9 Å². The Bertz CT molecular complexity index is 1800. The highest BCUT2D eigenvalue weighted by Gasteiger charge is 2.71. The lowest BCUT2D eigenvalue weighted by Gasteiger charge is -2.33. The fourth-order valence-electron chi connectivity index (χ4n) is 5.40. The summed E-state index contributed by atoms with van der Waals surface area (Å²) >= 11 is 0. The summed E-state index contributed by atoms with van der Waals surface area (Å²) in [6.07, 6.45) is -10.2. The highest BCUT2D eigenvalue weighted by Crippen LogP contribution is 2.50. The van der Waals surface area contributed by atoms with Gasteiger partial charge in [0.25, 0.3) is 11.5 Å². The average Bonchev–Trinajstić information content (AvgIpc) is 3.27. The SMILES string of the molecule is CCCc1cc(C(O)(C(F)(F)F)C(F)(F)F)ccc1Oc1cccc(CN2C(=O)NC(C)(c3ccc(OCc4ccccc4)nc3)C2=O)c1. The summed E-state index contributed by atoms with van der Waals surface area (Å²) in [7, 11) is 0. The van der Waals surface area contributed by atoms with Crippen LogP contribution >= 0.6 is 0 Å². The highest BCUT2D eigenvalue weighted by atomic mass is 19.4. The second-order valence-corrected chi connectivity index (χ2v) is 11.6. The van der Waals surface area contributed by atoms with Crippen molar-refractivity contribution < 1.29 is 50.5 Å². The van der Waals surface area contributed by atoms with Crippen LogP contribution in [0.5, 0.6) is 17.4 Å². The zero-order valence-electron chi connectivity index (χ0n) is 26.2. The first-order valence-electron chi connectivity index (χ1n) is 15.1. The number of rotatable bonds is 11.